The van der Waals surface area contributed by atoms with Crippen LogP contribution in [-0.4, -0.2) is 66.9 Å². The van der Waals surface area contributed by atoms with Crippen molar-refractivity contribution in [3.8, 4) is 5.75 Å². The van der Waals surface area contributed by atoms with Gasteiger partial charge in [0.05, 0.1) is 36.7 Å². The molecule has 2 heterocycles. The lowest BCUT2D eigenvalue weighted by atomic mass is 10.0. The number of benzene rings is 1. The van der Waals surface area contributed by atoms with Gasteiger partial charge in [0.15, 0.2) is 0 Å². The number of allylic oxidation sites excluding steroid dienone is 2. The third-order valence-corrected chi connectivity index (χ3v) is 5.75. The number of hydrogen-bond acceptors (Lipinski definition) is 6. The van der Waals surface area contributed by atoms with E-state index in [1.165, 1.54) is 14.2 Å². The summed E-state index contributed by atoms with van der Waals surface area (Å²) in [5, 5.41) is 2.76. The summed E-state index contributed by atoms with van der Waals surface area (Å²) in [5.41, 5.74) is 0.847. The van der Waals surface area contributed by atoms with Crippen molar-refractivity contribution in [2.24, 2.45) is 0 Å². The SMILES string of the molecule is CNc1nc(Cc2ccc(C(=O)N3CCOC(C)C3)cc2OC)nc2c1C(C(F)(F)F)=CC2. The van der Waals surface area contributed by atoms with E-state index in [9.17, 15) is 18.0 Å². The van der Waals surface area contributed by atoms with Gasteiger partial charge in [0, 0.05) is 44.1 Å². The van der Waals surface area contributed by atoms with Crippen LogP contribution in [0.4, 0.5) is 19.0 Å². The fourth-order valence-corrected chi connectivity index (χ4v) is 4.19. The van der Waals surface area contributed by atoms with Crippen molar-refractivity contribution in [2.75, 3.05) is 39.2 Å². The summed E-state index contributed by atoms with van der Waals surface area (Å²) in [6.45, 7) is 3.46. The van der Waals surface area contributed by atoms with Gasteiger partial charge >= 0.3 is 6.18 Å². The first-order valence-electron chi connectivity index (χ1n) is 10.6. The summed E-state index contributed by atoms with van der Waals surface area (Å²) >= 11 is 0. The van der Waals surface area contributed by atoms with Crippen LogP contribution in [0.25, 0.3) is 5.57 Å². The fraction of sp³-hybridized carbons (Fsp3) is 0.435. The Morgan fingerprint density at radius 1 is 1.33 bits per heavy atom. The number of nitrogens with one attached hydrogen (secondary N) is 1. The first-order chi connectivity index (χ1) is 15.7. The molecule has 0 saturated carbocycles. The second kappa shape index (κ2) is 9.01. The lowest BCUT2D eigenvalue weighted by Crippen LogP contribution is -2.44. The smallest absolute Gasteiger partial charge is 0.416 e. The van der Waals surface area contributed by atoms with Crippen LogP contribution in [0.3, 0.4) is 0 Å². The summed E-state index contributed by atoms with van der Waals surface area (Å²) < 4.78 is 51.1. The number of fused-ring (bicyclic) bond motifs is 1. The molecule has 1 aromatic carbocycles. The molecule has 1 aliphatic heterocycles. The van der Waals surface area contributed by atoms with E-state index in [2.05, 4.69) is 15.3 Å². The Hall–Kier alpha value is -3.14. The lowest BCUT2D eigenvalue weighted by Gasteiger charge is -2.31. The third kappa shape index (κ3) is 4.66. The zero-order valence-corrected chi connectivity index (χ0v) is 18.6. The second-order valence-corrected chi connectivity index (χ2v) is 8.02. The van der Waals surface area contributed by atoms with Crippen LogP contribution in [0.2, 0.25) is 0 Å². The molecule has 1 saturated heterocycles. The number of hydrogen-bond donors (Lipinski definition) is 1. The molecule has 1 aromatic heterocycles. The summed E-state index contributed by atoms with van der Waals surface area (Å²) in [6.07, 6.45) is -3.01. The predicted octanol–water partition coefficient (Wildman–Crippen LogP) is 3.48. The number of nitrogens with zero attached hydrogens (tertiary/aromatic N) is 3. The van der Waals surface area contributed by atoms with Gasteiger partial charge in [-0.1, -0.05) is 12.1 Å². The zero-order chi connectivity index (χ0) is 23.8. The van der Waals surface area contributed by atoms with Crippen LogP contribution in [0, 0.1) is 0 Å². The highest BCUT2D eigenvalue weighted by Gasteiger charge is 2.40. The van der Waals surface area contributed by atoms with Gasteiger partial charge in [-0.15, -0.1) is 0 Å². The van der Waals surface area contributed by atoms with Crippen LogP contribution in [-0.2, 0) is 17.6 Å². The van der Waals surface area contributed by atoms with Gasteiger partial charge in [0.2, 0.25) is 0 Å². The molecule has 1 aliphatic carbocycles. The minimum absolute atomic E-state index is 0.00130. The molecule has 0 bridgehead atoms. The molecule has 1 unspecified atom stereocenters. The molecule has 176 valence electrons. The summed E-state index contributed by atoms with van der Waals surface area (Å²) in [6, 6.07) is 5.16. The minimum atomic E-state index is -4.47. The maximum absolute atomic E-state index is 13.4. The van der Waals surface area contributed by atoms with Crippen molar-refractivity contribution < 1.29 is 27.4 Å². The first-order valence-corrected chi connectivity index (χ1v) is 10.6. The van der Waals surface area contributed by atoms with E-state index in [-0.39, 0.29) is 36.2 Å². The van der Waals surface area contributed by atoms with E-state index in [1.807, 2.05) is 6.92 Å². The number of ether oxygens (including phenoxy) is 2. The van der Waals surface area contributed by atoms with E-state index in [0.29, 0.717) is 42.5 Å². The van der Waals surface area contributed by atoms with Crippen molar-refractivity contribution in [2.45, 2.75) is 32.0 Å². The van der Waals surface area contributed by atoms with Crippen molar-refractivity contribution >= 4 is 17.3 Å². The standard InChI is InChI=1S/C23H25F3N4O3/c1-13-12-30(8-9-33-13)22(31)15-5-4-14(18(10-15)32-3)11-19-28-17-7-6-16(23(24,25)26)20(17)21(27-2)29-19/h4-6,10,13H,7-9,11-12H2,1-3H3,(H,27,28,29). The lowest BCUT2D eigenvalue weighted by molar-refractivity contribution is -0.0687. The van der Waals surface area contributed by atoms with Gasteiger partial charge in [-0.25, -0.2) is 9.97 Å². The molecule has 1 fully saturated rings. The zero-order valence-electron chi connectivity index (χ0n) is 18.6. The third-order valence-electron chi connectivity index (χ3n) is 5.75. The van der Waals surface area contributed by atoms with E-state index in [1.54, 1.807) is 23.1 Å². The monoisotopic (exact) mass is 462 g/mol. The number of alkyl halides is 3. The normalized spacial score (nSPS) is 18.1. The molecule has 1 N–H and O–H groups in total. The number of methoxy groups -OCH3 is 1. The Balaban J connectivity index is 1.59. The van der Waals surface area contributed by atoms with Crippen LogP contribution >= 0.6 is 0 Å². The Kier molecular flexibility index (Phi) is 6.29. The van der Waals surface area contributed by atoms with E-state index in [0.717, 1.165) is 11.6 Å². The Labute approximate surface area is 189 Å². The van der Waals surface area contributed by atoms with Gasteiger partial charge in [-0.3, -0.25) is 4.79 Å². The fourth-order valence-electron chi connectivity index (χ4n) is 4.19. The van der Waals surface area contributed by atoms with E-state index in [4.69, 9.17) is 9.47 Å². The molecule has 33 heavy (non-hydrogen) atoms. The highest BCUT2D eigenvalue weighted by atomic mass is 19.4. The van der Waals surface area contributed by atoms with Crippen molar-refractivity contribution in [3.63, 3.8) is 0 Å². The molecular formula is C23H25F3N4O3. The number of anilines is 1. The molecule has 2 aromatic rings. The molecule has 10 heteroatoms. The second-order valence-electron chi connectivity index (χ2n) is 8.02. The summed E-state index contributed by atoms with van der Waals surface area (Å²) in [4.78, 5) is 23.4. The van der Waals surface area contributed by atoms with Crippen molar-refractivity contribution in [1.29, 1.82) is 0 Å². The maximum atomic E-state index is 13.4. The van der Waals surface area contributed by atoms with Gasteiger partial charge in [-0.05, 0) is 19.1 Å². The number of rotatable bonds is 5. The Bertz CT molecular complexity index is 1100. The topological polar surface area (TPSA) is 76.6 Å². The molecule has 4 rings (SSSR count). The average Bonchev–Trinajstić information content (AvgIpc) is 3.23. The quantitative estimate of drug-likeness (QED) is 0.733. The van der Waals surface area contributed by atoms with E-state index < -0.39 is 11.7 Å². The number of amides is 1. The van der Waals surface area contributed by atoms with Gasteiger partial charge in [-0.2, -0.15) is 13.2 Å². The molecule has 1 atom stereocenters. The number of halogens is 3. The predicted molar refractivity (Wildman–Crippen MR) is 116 cm³/mol. The van der Waals surface area contributed by atoms with Crippen LogP contribution < -0.4 is 10.1 Å². The highest BCUT2D eigenvalue weighted by molar-refractivity contribution is 5.95. The highest BCUT2D eigenvalue weighted by Crippen LogP contribution is 2.42. The van der Waals surface area contributed by atoms with Crippen molar-refractivity contribution in [3.05, 3.63) is 52.5 Å². The average molecular weight is 462 g/mol. The van der Waals surface area contributed by atoms with Crippen molar-refractivity contribution in [1.82, 2.24) is 14.9 Å². The minimum Gasteiger partial charge on any atom is -0.496 e. The molecule has 1 amide bonds. The number of aromatic nitrogens is 2. The number of morpholine rings is 1. The van der Waals surface area contributed by atoms with Gasteiger partial charge in [0.25, 0.3) is 5.91 Å². The van der Waals surface area contributed by atoms with Crippen LogP contribution in [0.1, 0.15) is 39.9 Å². The molecule has 0 radical (unpaired) electrons. The van der Waals surface area contributed by atoms with E-state index >= 15 is 0 Å². The maximum Gasteiger partial charge on any atom is 0.416 e. The molecular weight excluding hydrogens is 437 g/mol. The molecule has 0 spiro atoms. The molecule has 7 nitrogen and oxygen atoms in total. The summed E-state index contributed by atoms with van der Waals surface area (Å²) in [5.74, 6) is 0.899. The molecule has 2 aliphatic rings. The first kappa shape index (κ1) is 23.0. The number of carbonyl (C=O) groups excluding carboxylic acids is 1. The number of carbonyl (C=O) groups is 1. The Morgan fingerprint density at radius 2 is 2.12 bits per heavy atom. The Morgan fingerprint density at radius 3 is 2.79 bits per heavy atom. The van der Waals surface area contributed by atoms with Crippen LogP contribution in [0.5, 0.6) is 5.75 Å². The van der Waals surface area contributed by atoms with Crippen LogP contribution in [0.15, 0.2) is 24.3 Å². The van der Waals surface area contributed by atoms with Gasteiger partial charge < -0.3 is 19.7 Å². The largest absolute Gasteiger partial charge is 0.496 e. The van der Waals surface area contributed by atoms with Gasteiger partial charge in [0.1, 0.15) is 17.4 Å². The summed E-state index contributed by atoms with van der Waals surface area (Å²) in [7, 11) is 3.04.